The Morgan fingerprint density at radius 2 is 2.00 bits per heavy atom. The molecule has 2 nitrogen and oxygen atoms in total. The van der Waals surface area contributed by atoms with Crippen LogP contribution >= 0.6 is 0 Å². The van der Waals surface area contributed by atoms with Gasteiger partial charge in [0.15, 0.2) is 0 Å². The van der Waals surface area contributed by atoms with Crippen molar-refractivity contribution in [3.63, 3.8) is 0 Å². The molecule has 3 atom stereocenters. The van der Waals surface area contributed by atoms with E-state index in [1.54, 1.807) is 6.08 Å². The van der Waals surface area contributed by atoms with E-state index in [1.165, 1.54) is 0 Å². The lowest BCUT2D eigenvalue weighted by molar-refractivity contribution is 0.0514. The van der Waals surface area contributed by atoms with Crippen LogP contribution in [0.4, 0.5) is 0 Å². The van der Waals surface area contributed by atoms with Gasteiger partial charge in [-0.2, -0.15) is 0 Å². The molecular weight excluding hydrogens is 128 g/mol. The summed E-state index contributed by atoms with van der Waals surface area (Å²) in [4.78, 5) is 0. The van der Waals surface area contributed by atoms with Crippen LogP contribution in [0.5, 0.6) is 0 Å². The molecule has 0 saturated heterocycles. The SMILES string of the molecule is C=C[C@H](C)[C@H](O)[C@@H](C)CO. The summed E-state index contributed by atoms with van der Waals surface area (Å²) in [6, 6.07) is 0. The van der Waals surface area contributed by atoms with Crippen molar-refractivity contribution in [2.24, 2.45) is 11.8 Å². The zero-order valence-electron chi connectivity index (χ0n) is 6.62. The third-order valence-corrected chi connectivity index (χ3v) is 1.78. The molecule has 0 aliphatic rings. The van der Waals surface area contributed by atoms with E-state index in [2.05, 4.69) is 6.58 Å². The fraction of sp³-hybridized carbons (Fsp3) is 0.750. The van der Waals surface area contributed by atoms with Crippen LogP contribution in [0, 0.1) is 11.8 Å². The van der Waals surface area contributed by atoms with E-state index < -0.39 is 6.10 Å². The Morgan fingerprint density at radius 3 is 2.30 bits per heavy atom. The summed E-state index contributed by atoms with van der Waals surface area (Å²) >= 11 is 0. The van der Waals surface area contributed by atoms with Crippen LogP contribution < -0.4 is 0 Å². The van der Waals surface area contributed by atoms with Crippen LogP contribution in [0.25, 0.3) is 0 Å². The molecule has 0 aromatic carbocycles. The summed E-state index contributed by atoms with van der Waals surface area (Å²) in [7, 11) is 0. The van der Waals surface area contributed by atoms with Gasteiger partial charge in [-0.3, -0.25) is 0 Å². The van der Waals surface area contributed by atoms with Gasteiger partial charge < -0.3 is 10.2 Å². The molecule has 0 rings (SSSR count). The van der Waals surface area contributed by atoms with Crippen LogP contribution in [-0.2, 0) is 0 Å². The van der Waals surface area contributed by atoms with Crippen molar-refractivity contribution in [3.05, 3.63) is 12.7 Å². The molecular formula is C8H16O2. The fourth-order valence-electron chi connectivity index (χ4n) is 0.766. The van der Waals surface area contributed by atoms with Crippen LogP contribution in [0.2, 0.25) is 0 Å². The molecule has 0 fully saturated rings. The number of aliphatic hydroxyl groups excluding tert-OH is 2. The van der Waals surface area contributed by atoms with Crippen LogP contribution in [-0.4, -0.2) is 22.9 Å². The predicted octanol–water partition coefficient (Wildman–Crippen LogP) is 0.798. The van der Waals surface area contributed by atoms with Gasteiger partial charge in [0.05, 0.1) is 6.10 Å². The Kier molecular flexibility index (Phi) is 4.32. The van der Waals surface area contributed by atoms with Gasteiger partial charge in [-0.1, -0.05) is 19.9 Å². The van der Waals surface area contributed by atoms with Gasteiger partial charge in [0.2, 0.25) is 0 Å². The maximum atomic E-state index is 9.35. The summed E-state index contributed by atoms with van der Waals surface area (Å²) in [6.45, 7) is 7.27. The summed E-state index contributed by atoms with van der Waals surface area (Å²) in [5.41, 5.74) is 0. The molecule has 2 N–H and O–H groups in total. The van der Waals surface area contributed by atoms with Gasteiger partial charge in [0.1, 0.15) is 0 Å². The Labute approximate surface area is 62.2 Å². The van der Waals surface area contributed by atoms with Crippen molar-refractivity contribution in [1.29, 1.82) is 0 Å². The smallest absolute Gasteiger partial charge is 0.0647 e. The zero-order chi connectivity index (χ0) is 8.15. The number of hydrogen-bond donors (Lipinski definition) is 2. The molecule has 0 aliphatic carbocycles. The van der Waals surface area contributed by atoms with Crippen molar-refractivity contribution >= 4 is 0 Å². The standard InChI is InChI=1S/C8H16O2/c1-4-6(2)8(10)7(3)5-9/h4,6-10H,1,5H2,2-3H3/t6-,7-,8-/m0/s1. The van der Waals surface area contributed by atoms with E-state index in [9.17, 15) is 5.11 Å². The van der Waals surface area contributed by atoms with Gasteiger partial charge in [0, 0.05) is 18.4 Å². The van der Waals surface area contributed by atoms with Gasteiger partial charge in [0.25, 0.3) is 0 Å². The summed E-state index contributed by atoms with van der Waals surface area (Å²) in [5.74, 6) is -0.00449. The van der Waals surface area contributed by atoms with Crippen LogP contribution in [0.3, 0.4) is 0 Å². The maximum absolute atomic E-state index is 9.35. The number of hydrogen-bond acceptors (Lipinski definition) is 2. The Hall–Kier alpha value is -0.340. The Bertz CT molecular complexity index is 101. The minimum atomic E-state index is -0.470. The highest BCUT2D eigenvalue weighted by atomic mass is 16.3. The van der Waals surface area contributed by atoms with Crippen LogP contribution in [0.1, 0.15) is 13.8 Å². The first-order valence-electron chi connectivity index (χ1n) is 3.55. The highest BCUT2D eigenvalue weighted by Gasteiger charge is 2.17. The maximum Gasteiger partial charge on any atom is 0.0647 e. The lowest BCUT2D eigenvalue weighted by atomic mass is 9.94. The van der Waals surface area contributed by atoms with Crippen molar-refractivity contribution in [1.82, 2.24) is 0 Å². The quantitative estimate of drug-likeness (QED) is 0.573. The first-order chi connectivity index (χ1) is 4.63. The molecule has 0 aromatic heterocycles. The molecule has 0 aliphatic heterocycles. The minimum absolute atomic E-state index is 0.0271. The highest BCUT2D eigenvalue weighted by Crippen LogP contribution is 2.12. The van der Waals surface area contributed by atoms with Gasteiger partial charge >= 0.3 is 0 Å². The molecule has 0 radical (unpaired) electrons. The molecule has 2 heteroatoms. The number of aliphatic hydroxyl groups is 2. The molecule has 0 bridgehead atoms. The minimum Gasteiger partial charge on any atom is -0.396 e. The van der Waals surface area contributed by atoms with E-state index in [4.69, 9.17) is 5.11 Å². The van der Waals surface area contributed by atoms with Gasteiger partial charge in [-0.25, -0.2) is 0 Å². The van der Waals surface area contributed by atoms with Crippen molar-refractivity contribution in [3.8, 4) is 0 Å². The molecule has 0 aromatic rings. The van der Waals surface area contributed by atoms with E-state index in [1.807, 2.05) is 13.8 Å². The third-order valence-electron chi connectivity index (χ3n) is 1.78. The molecule has 0 amide bonds. The van der Waals surface area contributed by atoms with Gasteiger partial charge in [-0.05, 0) is 0 Å². The third kappa shape index (κ3) is 2.50. The summed E-state index contributed by atoms with van der Waals surface area (Å²) < 4.78 is 0. The topological polar surface area (TPSA) is 40.5 Å². The van der Waals surface area contributed by atoms with E-state index >= 15 is 0 Å². The monoisotopic (exact) mass is 144 g/mol. The van der Waals surface area contributed by atoms with Gasteiger partial charge in [-0.15, -0.1) is 6.58 Å². The molecule has 0 spiro atoms. The second kappa shape index (κ2) is 4.47. The lowest BCUT2D eigenvalue weighted by Crippen LogP contribution is -2.26. The fourth-order valence-corrected chi connectivity index (χ4v) is 0.766. The molecule has 0 heterocycles. The normalized spacial score (nSPS) is 19.6. The van der Waals surface area contributed by atoms with Crippen molar-refractivity contribution in [2.75, 3.05) is 6.61 Å². The largest absolute Gasteiger partial charge is 0.396 e. The van der Waals surface area contributed by atoms with Crippen molar-refractivity contribution in [2.45, 2.75) is 20.0 Å². The molecule has 60 valence electrons. The summed E-state index contributed by atoms with van der Waals surface area (Å²) in [5, 5.41) is 18.0. The average molecular weight is 144 g/mol. The van der Waals surface area contributed by atoms with E-state index in [-0.39, 0.29) is 18.4 Å². The highest BCUT2D eigenvalue weighted by molar-refractivity contribution is 4.83. The second-order valence-electron chi connectivity index (χ2n) is 2.75. The van der Waals surface area contributed by atoms with E-state index in [0.29, 0.717) is 0 Å². The number of rotatable bonds is 4. The van der Waals surface area contributed by atoms with E-state index in [0.717, 1.165) is 0 Å². The van der Waals surface area contributed by atoms with Crippen LogP contribution in [0.15, 0.2) is 12.7 Å². The Balaban J connectivity index is 3.80. The molecule has 0 saturated carbocycles. The zero-order valence-corrected chi connectivity index (χ0v) is 6.62. The Morgan fingerprint density at radius 1 is 1.50 bits per heavy atom. The second-order valence-corrected chi connectivity index (χ2v) is 2.75. The average Bonchev–Trinajstić information content (AvgIpc) is 2.00. The molecule has 10 heavy (non-hydrogen) atoms. The first kappa shape index (κ1) is 9.66. The van der Waals surface area contributed by atoms with Crippen molar-refractivity contribution < 1.29 is 10.2 Å². The first-order valence-corrected chi connectivity index (χ1v) is 3.55. The summed E-state index contributed by atoms with van der Waals surface area (Å²) in [6.07, 6.45) is 1.22. The predicted molar refractivity (Wildman–Crippen MR) is 41.6 cm³/mol. The molecule has 0 unspecified atom stereocenters. The lowest BCUT2D eigenvalue weighted by Gasteiger charge is -2.20.